The highest BCUT2D eigenvalue weighted by atomic mass is 19.4. The monoisotopic (exact) mass is 602 g/mol. The highest BCUT2D eigenvalue weighted by Crippen LogP contribution is 2.52. The van der Waals surface area contributed by atoms with Gasteiger partial charge in [-0.05, 0) is 77.6 Å². The highest BCUT2D eigenvalue weighted by Gasteiger charge is 2.49. The van der Waals surface area contributed by atoms with Crippen LogP contribution < -0.4 is 5.56 Å². The van der Waals surface area contributed by atoms with Crippen LogP contribution in [0, 0.1) is 0 Å². The molecule has 6 rings (SSSR count). The first-order valence-corrected chi connectivity index (χ1v) is 14.8. The number of benzene rings is 2. The highest BCUT2D eigenvalue weighted by molar-refractivity contribution is 5.83. The third kappa shape index (κ3) is 5.66. The number of nitrogens with one attached hydrogen (secondary N) is 1. The molecule has 0 bridgehead atoms. The zero-order chi connectivity index (χ0) is 31.2. The van der Waals surface area contributed by atoms with Crippen LogP contribution in [-0.4, -0.2) is 37.4 Å². The zero-order valence-electron chi connectivity index (χ0n) is 24.5. The Balaban J connectivity index is 1.24. The number of halogens is 3. The SMILES string of the molecule is CC(C)c1cncc(C2(c3nc4c(c(=O)[nH]3)CN(C(=O)[C@H](O)c3cccc(-c5cccc(C(F)(F)F)c5)c3)CCC4)CC2)c1. The lowest BCUT2D eigenvalue weighted by molar-refractivity contribution is -0.141. The van der Waals surface area contributed by atoms with E-state index >= 15 is 0 Å². The number of hydrogen-bond acceptors (Lipinski definition) is 5. The van der Waals surface area contributed by atoms with E-state index in [1.807, 2.05) is 12.4 Å². The van der Waals surface area contributed by atoms with Gasteiger partial charge in [0.25, 0.3) is 11.5 Å². The number of aryl methyl sites for hydroxylation is 1. The number of aliphatic hydroxyl groups excluding tert-OH is 1. The van der Waals surface area contributed by atoms with Crippen molar-refractivity contribution >= 4 is 5.91 Å². The van der Waals surface area contributed by atoms with Crippen molar-refractivity contribution in [3.8, 4) is 11.1 Å². The maximum Gasteiger partial charge on any atom is 0.416 e. The minimum atomic E-state index is -4.49. The van der Waals surface area contributed by atoms with E-state index in [0.717, 1.165) is 36.1 Å². The molecule has 1 saturated carbocycles. The number of rotatable bonds is 6. The quantitative estimate of drug-likeness (QED) is 0.280. The molecule has 44 heavy (non-hydrogen) atoms. The second-order valence-corrected chi connectivity index (χ2v) is 12.1. The van der Waals surface area contributed by atoms with Crippen LogP contribution in [0.25, 0.3) is 11.1 Å². The molecule has 1 amide bonds. The van der Waals surface area contributed by atoms with Crippen molar-refractivity contribution in [1.82, 2.24) is 19.9 Å². The summed E-state index contributed by atoms with van der Waals surface area (Å²) in [6, 6.07) is 13.3. The van der Waals surface area contributed by atoms with Gasteiger partial charge in [-0.25, -0.2) is 4.98 Å². The van der Waals surface area contributed by atoms with Crippen molar-refractivity contribution in [3.05, 3.63) is 117 Å². The van der Waals surface area contributed by atoms with Crippen LogP contribution in [-0.2, 0) is 29.4 Å². The van der Waals surface area contributed by atoms with Crippen LogP contribution in [0.4, 0.5) is 13.2 Å². The first kappa shape index (κ1) is 29.7. The van der Waals surface area contributed by atoms with Gasteiger partial charge in [-0.1, -0.05) is 50.2 Å². The van der Waals surface area contributed by atoms with Crippen molar-refractivity contribution < 1.29 is 23.1 Å². The maximum absolute atomic E-state index is 13.5. The summed E-state index contributed by atoms with van der Waals surface area (Å²) in [5.41, 5.74) is 2.76. The Bertz CT molecular complexity index is 1780. The smallest absolute Gasteiger partial charge is 0.378 e. The molecule has 2 aliphatic rings. The van der Waals surface area contributed by atoms with E-state index < -0.39 is 23.8 Å². The summed E-state index contributed by atoms with van der Waals surface area (Å²) in [7, 11) is 0. The Labute approximate surface area is 252 Å². The van der Waals surface area contributed by atoms with E-state index in [1.165, 1.54) is 17.0 Å². The van der Waals surface area contributed by atoms with Gasteiger partial charge in [0.1, 0.15) is 5.82 Å². The Morgan fingerprint density at radius 2 is 1.75 bits per heavy atom. The Hall–Kier alpha value is -4.31. The number of nitrogens with zero attached hydrogens (tertiary/aromatic N) is 3. The summed E-state index contributed by atoms with van der Waals surface area (Å²) in [6.07, 6.45) is 0.440. The number of alkyl halides is 3. The van der Waals surface area contributed by atoms with Gasteiger partial charge < -0.3 is 15.0 Å². The number of carbonyl (C=O) groups is 1. The van der Waals surface area contributed by atoms with Crippen LogP contribution in [0.2, 0.25) is 0 Å². The minimum absolute atomic E-state index is 0.00144. The molecule has 1 atom stereocenters. The summed E-state index contributed by atoms with van der Waals surface area (Å²) in [5.74, 6) is 0.354. The Morgan fingerprint density at radius 3 is 2.45 bits per heavy atom. The molecule has 228 valence electrons. The van der Waals surface area contributed by atoms with Crippen LogP contribution in [0.15, 0.2) is 71.8 Å². The van der Waals surface area contributed by atoms with Gasteiger partial charge in [0.15, 0.2) is 6.10 Å². The van der Waals surface area contributed by atoms with Gasteiger partial charge in [0, 0.05) is 18.9 Å². The van der Waals surface area contributed by atoms with Gasteiger partial charge >= 0.3 is 6.18 Å². The van der Waals surface area contributed by atoms with E-state index in [4.69, 9.17) is 4.98 Å². The van der Waals surface area contributed by atoms with Gasteiger partial charge in [-0.3, -0.25) is 14.6 Å². The van der Waals surface area contributed by atoms with E-state index in [1.54, 1.807) is 24.3 Å². The molecule has 0 saturated heterocycles. The first-order chi connectivity index (χ1) is 21.0. The summed E-state index contributed by atoms with van der Waals surface area (Å²) in [6.45, 7) is 4.54. The Kier molecular flexibility index (Phi) is 7.65. The molecule has 2 N–H and O–H groups in total. The second-order valence-electron chi connectivity index (χ2n) is 12.1. The molecular weight excluding hydrogens is 569 g/mol. The third-order valence-corrected chi connectivity index (χ3v) is 8.74. The molecule has 1 aliphatic carbocycles. The fraction of sp³-hybridized carbons (Fsp3) is 0.353. The summed E-state index contributed by atoms with van der Waals surface area (Å²) < 4.78 is 39.8. The number of aromatic nitrogens is 3. The maximum atomic E-state index is 13.5. The predicted octanol–water partition coefficient (Wildman–Crippen LogP) is 6.06. The molecule has 2 aromatic carbocycles. The molecule has 2 aromatic heterocycles. The topological polar surface area (TPSA) is 99.2 Å². The summed E-state index contributed by atoms with van der Waals surface area (Å²) in [5, 5.41) is 11.1. The summed E-state index contributed by atoms with van der Waals surface area (Å²) >= 11 is 0. The van der Waals surface area contributed by atoms with E-state index in [9.17, 15) is 27.9 Å². The number of fused-ring (bicyclic) bond motifs is 1. The number of amides is 1. The van der Waals surface area contributed by atoms with E-state index in [2.05, 4.69) is 29.9 Å². The van der Waals surface area contributed by atoms with Crippen molar-refractivity contribution in [3.63, 3.8) is 0 Å². The predicted molar refractivity (Wildman–Crippen MR) is 159 cm³/mol. The van der Waals surface area contributed by atoms with E-state index in [0.29, 0.717) is 53.5 Å². The number of aliphatic hydroxyl groups is 1. The average molecular weight is 603 g/mol. The molecule has 1 aliphatic heterocycles. The largest absolute Gasteiger partial charge is 0.416 e. The molecule has 7 nitrogen and oxygen atoms in total. The number of aromatic amines is 1. The molecular formula is C34H33F3N4O3. The number of pyridine rings is 1. The molecule has 0 spiro atoms. The van der Waals surface area contributed by atoms with Crippen LogP contribution in [0.1, 0.15) is 84.5 Å². The Morgan fingerprint density at radius 1 is 1.02 bits per heavy atom. The number of hydrogen-bond donors (Lipinski definition) is 2. The van der Waals surface area contributed by atoms with Gasteiger partial charge in [0.05, 0.1) is 28.8 Å². The lowest BCUT2D eigenvalue weighted by atomic mass is 9.93. The van der Waals surface area contributed by atoms with Crippen LogP contribution in [0.5, 0.6) is 0 Å². The fourth-order valence-corrected chi connectivity index (χ4v) is 5.94. The molecule has 4 aromatic rings. The van der Waals surface area contributed by atoms with Crippen molar-refractivity contribution in [2.45, 2.75) is 69.7 Å². The molecule has 10 heteroatoms. The van der Waals surface area contributed by atoms with Crippen LogP contribution >= 0.6 is 0 Å². The normalized spacial score (nSPS) is 16.8. The number of H-pyrrole nitrogens is 1. The van der Waals surface area contributed by atoms with Crippen LogP contribution in [0.3, 0.4) is 0 Å². The van der Waals surface area contributed by atoms with Gasteiger partial charge in [0.2, 0.25) is 0 Å². The molecule has 3 heterocycles. The van der Waals surface area contributed by atoms with Gasteiger partial charge in [-0.15, -0.1) is 0 Å². The molecule has 0 radical (unpaired) electrons. The van der Waals surface area contributed by atoms with Crippen molar-refractivity contribution in [2.75, 3.05) is 6.54 Å². The lowest BCUT2D eigenvalue weighted by Crippen LogP contribution is -2.36. The summed E-state index contributed by atoms with van der Waals surface area (Å²) in [4.78, 5) is 40.7. The standard InChI is InChI=1S/C34H33F3N4O3/c1-20(2)24-16-26(18-38-17-24)33(11-12-33)32-39-28-10-5-13-41(19-27(28)30(43)40-32)31(44)29(42)23-8-3-6-21(14-23)22-7-4-9-25(15-22)34(35,36)37/h3-4,6-9,14-18,20,29,42H,5,10-13,19H2,1-2H3,(H,39,40,43)/t29-/m1/s1. The number of carbonyl (C=O) groups excluding carboxylic acids is 1. The minimum Gasteiger partial charge on any atom is -0.378 e. The fourth-order valence-electron chi connectivity index (χ4n) is 5.94. The zero-order valence-corrected chi connectivity index (χ0v) is 24.5. The lowest BCUT2D eigenvalue weighted by Gasteiger charge is -2.24. The van der Waals surface area contributed by atoms with Gasteiger partial charge in [-0.2, -0.15) is 13.2 Å². The van der Waals surface area contributed by atoms with Crippen molar-refractivity contribution in [1.29, 1.82) is 0 Å². The van der Waals surface area contributed by atoms with Crippen molar-refractivity contribution in [2.24, 2.45) is 0 Å². The van der Waals surface area contributed by atoms with E-state index in [-0.39, 0.29) is 23.1 Å². The molecule has 1 fully saturated rings. The molecule has 0 unspecified atom stereocenters. The third-order valence-electron chi connectivity index (χ3n) is 8.74. The first-order valence-electron chi connectivity index (χ1n) is 14.8. The second kappa shape index (κ2) is 11.3. The average Bonchev–Trinajstić information content (AvgIpc) is 3.85.